The fourth-order valence-corrected chi connectivity index (χ4v) is 2.38. The van der Waals surface area contributed by atoms with E-state index in [4.69, 9.17) is 9.84 Å². The van der Waals surface area contributed by atoms with Crippen LogP contribution in [0.25, 0.3) is 0 Å². The summed E-state index contributed by atoms with van der Waals surface area (Å²) in [5.41, 5.74) is 0. The second-order valence-corrected chi connectivity index (χ2v) is 5.35. The Bertz CT molecular complexity index is 272. The van der Waals surface area contributed by atoms with Crippen molar-refractivity contribution in [2.45, 2.75) is 84.7 Å². The van der Waals surface area contributed by atoms with E-state index in [0.29, 0.717) is 25.2 Å². The van der Waals surface area contributed by atoms with E-state index in [-0.39, 0.29) is 18.5 Å². The van der Waals surface area contributed by atoms with E-state index in [1.165, 1.54) is 0 Å². The van der Waals surface area contributed by atoms with Gasteiger partial charge in [-0.1, -0.05) is 33.6 Å². The average Bonchev–Trinajstić information content (AvgIpc) is 2.41. The molecule has 0 aliphatic heterocycles. The molecule has 0 saturated carbocycles. The van der Waals surface area contributed by atoms with Crippen LogP contribution in [-0.4, -0.2) is 23.1 Å². The number of rotatable bonds is 12. The van der Waals surface area contributed by atoms with Crippen molar-refractivity contribution in [2.75, 3.05) is 0 Å². The summed E-state index contributed by atoms with van der Waals surface area (Å²) in [7, 11) is 0. The van der Waals surface area contributed by atoms with Crippen molar-refractivity contribution in [3.8, 4) is 0 Å². The number of unbranched alkanes of at least 4 members (excludes halogenated alkanes) is 2. The molecule has 0 radical (unpaired) electrons. The topological polar surface area (TPSA) is 63.6 Å². The zero-order valence-corrected chi connectivity index (χ0v) is 13.2. The van der Waals surface area contributed by atoms with E-state index in [1.54, 1.807) is 0 Å². The number of carboxylic acids is 1. The van der Waals surface area contributed by atoms with E-state index in [9.17, 15) is 9.59 Å². The summed E-state index contributed by atoms with van der Waals surface area (Å²) in [5.74, 6) is -0.552. The molecule has 0 aromatic heterocycles. The minimum absolute atomic E-state index is 0.0249. The summed E-state index contributed by atoms with van der Waals surface area (Å²) in [6, 6.07) is 0. The molecule has 0 saturated heterocycles. The molecule has 0 bridgehead atoms. The summed E-state index contributed by atoms with van der Waals surface area (Å²) in [6.07, 6.45) is 6.77. The molecule has 20 heavy (non-hydrogen) atoms. The first kappa shape index (κ1) is 18.9. The molecule has 0 rings (SSSR count). The molecule has 4 nitrogen and oxygen atoms in total. The summed E-state index contributed by atoms with van der Waals surface area (Å²) in [4.78, 5) is 22.2. The molecule has 1 unspecified atom stereocenters. The van der Waals surface area contributed by atoms with Crippen LogP contribution in [0.2, 0.25) is 0 Å². The van der Waals surface area contributed by atoms with Crippen LogP contribution >= 0.6 is 0 Å². The molecule has 0 aliphatic rings. The molecular weight excluding hydrogens is 256 g/mol. The Balaban J connectivity index is 4.13. The Hall–Kier alpha value is -1.06. The van der Waals surface area contributed by atoms with Gasteiger partial charge in [-0.15, -0.1) is 0 Å². The van der Waals surface area contributed by atoms with E-state index < -0.39 is 5.97 Å². The lowest BCUT2D eigenvalue weighted by Gasteiger charge is -2.25. The van der Waals surface area contributed by atoms with Gasteiger partial charge in [0.15, 0.2) is 0 Å². The van der Waals surface area contributed by atoms with Crippen molar-refractivity contribution in [1.29, 1.82) is 0 Å². The van der Waals surface area contributed by atoms with Crippen LogP contribution in [0, 0.1) is 5.92 Å². The van der Waals surface area contributed by atoms with E-state index >= 15 is 0 Å². The maximum atomic E-state index is 11.8. The molecule has 0 aliphatic carbocycles. The fourth-order valence-electron chi connectivity index (χ4n) is 2.38. The van der Waals surface area contributed by atoms with Gasteiger partial charge in [-0.3, -0.25) is 9.59 Å². The van der Waals surface area contributed by atoms with Gasteiger partial charge < -0.3 is 9.84 Å². The zero-order valence-electron chi connectivity index (χ0n) is 13.2. The summed E-state index contributed by atoms with van der Waals surface area (Å²) >= 11 is 0. The van der Waals surface area contributed by atoms with Crippen LogP contribution in [0.15, 0.2) is 0 Å². The molecule has 118 valence electrons. The maximum Gasteiger partial charge on any atom is 0.306 e. The molecule has 1 atom stereocenters. The second-order valence-electron chi connectivity index (χ2n) is 5.35. The summed E-state index contributed by atoms with van der Waals surface area (Å²) in [5, 5.41) is 8.54. The third kappa shape index (κ3) is 8.94. The number of hydrogen-bond donors (Lipinski definition) is 1. The number of esters is 1. The largest absolute Gasteiger partial charge is 0.481 e. The second kappa shape index (κ2) is 11.7. The SMILES string of the molecule is CCCCC(OC(=O)CCCCC(=O)O)C(CC)CC. The minimum Gasteiger partial charge on any atom is -0.481 e. The first-order valence-electron chi connectivity index (χ1n) is 7.96. The number of carbonyl (C=O) groups is 2. The van der Waals surface area contributed by atoms with Gasteiger partial charge in [0.05, 0.1) is 0 Å². The van der Waals surface area contributed by atoms with Crippen LogP contribution in [0.3, 0.4) is 0 Å². The lowest BCUT2D eigenvalue weighted by atomic mass is 9.93. The first-order valence-corrected chi connectivity index (χ1v) is 7.96. The minimum atomic E-state index is -0.809. The highest BCUT2D eigenvalue weighted by molar-refractivity contribution is 5.70. The highest BCUT2D eigenvalue weighted by atomic mass is 16.5. The first-order chi connectivity index (χ1) is 9.54. The standard InChI is InChI=1S/C16H30O4/c1-4-7-10-14(13(5-2)6-3)20-16(19)12-9-8-11-15(17)18/h13-14H,4-12H2,1-3H3,(H,17,18). The van der Waals surface area contributed by atoms with Gasteiger partial charge >= 0.3 is 11.9 Å². The molecular formula is C16H30O4. The number of aliphatic carboxylic acids is 1. The Kier molecular flexibility index (Phi) is 11.1. The van der Waals surface area contributed by atoms with Gasteiger partial charge in [-0.25, -0.2) is 0 Å². The highest BCUT2D eigenvalue weighted by Crippen LogP contribution is 2.22. The van der Waals surface area contributed by atoms with Crippen LogP contribution in [0.5, 0.6) is 0 Å². The lowest BCUT2D eigenvalue weighted by molar-refractivity contribution is -0.153. The number of ether oxygens (including phenoxy) is 1. The molecule has 0 amide bonds. The predicted octanol–water partition coefficient (Wildman–Crippen LogP) is 4.17. The monoisotopic (exact) mass is 286 g/mol. The smallest absolute Gasteiger partial charge is 0.306 e. The number of carboxylic acid groups (broad SMARTS) is 1. The van der Waals surface area contributed by atoms with Crippen LogP contribution < -0.4 is 0 Å². The molecule has 0 aromatic carbocycles. The maximum absolute atomic E-state index is 11.8. The van der Waals surface area contributed by atoms with Gasteiger partial charge in [0.2, 0.25) is 0 Å². The molecule has 0 spiro atoms. The number of carbonyl (C=O) groups excluding carboxylic acids is 1. The van der Waals surface area contributed by atoms with Crippen LogP contribution in [0.4, 0.5) is 0 Å². The molecule has 4 heteroatoms. The van der Waals surface area contributed by atoms with Crippen molar-refractivity contribution in [3.63, 3.8) is 0 Å². The fraction of sp³-hybridized carbons (Fsp3) is 0.875. The van der Waals surface area contributed by atoms with Gasteiger partial charge in [-0.2, -0.15) is 0 Å². The van der Waals surface area contributed by atoms with E-state index in [2.05, 4.69) is 20.8 Å². The van der Waals surface area contributed by atoms with Crippen molar-refractivity contribution in [2.24, 2.45) is 5.92 Å². The quantitative estimate of drug-likeness (QED) is 0.432. The Morgan fingerprint density at radius 3 is 2.10 bits per heavy atom. The molecule has 0 heterocycles. The van der Waals surface area contributed by atoms with Gasteiger partial charge in [0.25, 0.3) is 0 Å². The molecule has 0 aromatic rings. The molecule has 0 fully saturated rings. The van der Waals surface area contributed by atoms with Gasteiger partial charge in [-0.05, 0) is 38.0 Å². The lowest BCUT2D eigenvalue weighted by Crippen LogP contribution is -2.26. The van der Waals surface area contributed by atoms with Crippen molar-refractivity contribution < 1.29 is 19.4 Å². The Labute approximate surface area is 122 Å². The third-order valence-electron chi connectivity index (χ3n) is 3.72. The van der Waals surface area contributed by atoms with E-state index in [0.717, 1.165) is 32.1 Å². The zero-order chi connectivity index (χ0) is 15.4. The van der Waals surface area contributed by atoms with Crippen LogP contribution in [-0.2, 0) is 14.3 Å². The number of hydrogen-bond acceptors (Lipinski definition) is 3. The average molecular weight is 286 g/mol. The predicted molar refractivity (Wildman–Crippen MR) is 79.6 cm³/mol. The van der Waals surface area contributed by atoms with Crippen molar-refractivity contribution >= 4 is 11.9 Å². The Morgan fingerprint density at radius 1 is 1.00 bits per heavy atom. The van der Waals surface area contributed by atoms with Gasteiger partial charge in [0, 0.05) is 12.8 Å². The van der Waals surface area contributed by atoms with Crippen LogP contribution in [0.1, 0.15) is 78.6 Å². The van der Waals surface area contributed by atoms with E-state index in [1.807, 2.05) is 0 Å². The highest BCUT2D eigenvalue weighted by Gasteiger charge is 2.21. The Morgan fingerprint density at radius 2 is 1.60 bits per heavy atom. The summed E-state index contributed by atoms with van der Waals surface area (Å²) in [6.45, 7) is 6.40. The normalized spacial score (nSPS) is 12.4. The third-order valence-corrected chi connectivity index (χ3v) is 3.72. The van der Waals surface area contributed by atoms with Crippen molar-refractivity contribution in [1.82, 2.24) is 0 Å². The molecule has 1 N–H and O–H groups in total. The van der Waals surface area contributed by atoms with Crippen molar-refractivity contribution in [3.05, 3.63) is 0 Å². The van der Waals surface area contributed by atoms with Gasteiger partial charge in [0.1, 0.15) is 6.10 Å². The summed E-state index contributed by atoms with van der Waals surface area (Å²) < 4.78 is 5.62.